The van der Waals surface area contributed by atoms with E-state index in [-0.39, 0.29) is 12.5 Å². The van der Waals surface area contributed by atoms with Crippen LogP contribution in [-0.4, -0.2) is 43.7 Å². The summed E-state index contributed by atoms with van der Waals surface area (Å²) in [6, 6.07) is 0. The molecule has 6 heteroatoms. The van der Waals surface area contributed by atoms with Crippen LogP contribution < -0.4 is 5.32 Å². The molecular formula is C11H21F3N2O. The molecule has 0 aliphatic heterocycles. The number of halogens is 3. The van der Waals surface area contributed by atoms with E-state index in [0.717, 1.165) is 4.90 Å². The van der Waals surface area contributed by atoms with Crippen LogP contribution in [0.15, 0.2) is 0 Å². The Kier molecular flexibility index (Phi) is 6.52. The van der Waals surface area contributed by atoms with Crippen molar-refractivity contribution in [3.8, 4) is 0 Å². The maximum Gasteiger partial charge on any atom is 0.406 e. The van der Waals surface area contributed by atoms with E-state index < -0.39 is 24.5 Å². The van der Waals surface area contributed by atoms with Crippen molar-refractivity contribution in [1.29, 1.82) is 0 Å². The Hall–Kier alpha value is -0.780. The van der Waals surface area contributed by atoms with Gasteiger partial charge in [-0.05, 0) is 13.0 Å². The molecule has 1 atom stereocenters. The third kappa shape index (κ3) is 7.20. The molecule has 0 bridgehead atoms. The highest BCUT2D eigenvalue weighted by Crippen LogP contribution is 2.18. The van der Waals surface area contributed by atoms with Gasteiger partial charge < -0.3 is 10.2 Å². The van der Waals surface area contributed by atoms with Crippen LogP contribution in [0, 0.1) is 11.8 Å². The molecule has 0 heterocycles. The van der Waals surface area contributed by atoms with Crippen molar-refractivity contribution in [2.45, 2.75) is 26.9 Å². The first-order chi connectivity index (χ1) is 7.67. The van der Waals surface area contributed by atoms with Gasteiger partial charge in [-0.25, -0.2) is 0 Å². The van der Waals surface area contributed by atoms with Crippen molar-refractivity contribution in [3.05, 3.63) is 0 Å². The summed E-state index contributed by atoms with van der Waals surface area (Å²) in [7, 11) is 1.67. The zero-order valence-corrected chi connectivity index (χ0v) is 10.8. The number of carbonyl (C=O) groups is 1. The Bertz CT molecular complexity index is 241. The number of alkyl halides is 3. The highest BCUT2D eigenvalue weighted by Gasteiger charge is 2.34. The Balaban J connectivity index is 4.61. The molecular weight excluding hydrogens is 233 g/mol. The Morgan fingerprint density at radius 2 is 1.82 bits per heavy atom. The number of rotatable bonds is 6. The largest absolute Gasteiger partial charge is 0.406 e. The number of hydrogen-bond acceptors (Lipinski definition) is 2. The van der Waals surface area contributed by atoms with E-state index in [2.05, 4.69) is 5.32 Å². The topological polar surface area (TPSA) is 32.3 Å². The van der Waals surface area contributed by atoms with E-state index >= 15 is 0 Å². The predicted octanol–water partition coefficient (Wildman–Crippen LogP) is 1.89. The lowest BCUT2D eigenvalue weighted by Gasteiger charge is -2.28. The monoisotopic (exact) mass is 254 g/mol. The second-order valence-electron chi connectivity index (χ2n) is 4.69. The molecule has 102 valence electrons. The molecule has 17 heavy (non-hydrogen) atoms. The Labute approximate surface area is 100 Å². The summed E-state index contributed by atoms with van der Waals surface area (Å²) >= 11 is 0. The molecule has 0 aromatic carbocycles. The molecule has 0 saturated carbocycles. The predicted molar refractivity (Wildman–Crippen MR) is 60.6 cm³/mol. The smallest absolute Gasteiger partial charge is 0.333 e. The lowest BCUT2D eigenvalue weighted by Crippen LogP contribution is -2.45. The van der Waals surface area contributed by atoms with Crippen LogP contribution in [0.2, 0.25) is 0 Å². The van der Waals surface area contributed by atoms with Crippen LogP contribution in [-0.2, 0) is 4.79 Å². The van der Waals surface area contributed by atoms with Gasteiger partial charge in [-0.2, -0.15) is 13.2 Å². The van der Waals surface area contributed by atoms with E-state index in [4.69, 9.17) is 0 Å². The second kappa shape index (κ2) is 6.83. The quantitative estimate of drug-likeness (QED) is 0.785. The molecule has 0 saturated heterocycles. The van der Waals surface area contributed by atoms with Crippen LogP contribution >= 0.6 is 0 Å². The minimum atomic E-state index is -4.34. The zero-order chi connectivity index (χ0) is 13.6. The van der Waals surface area contributed by atoms with Crippen LogP contribution in [0.1, 0.15) is 20.8 Å². The van der Waals surface area contributed by atoms with Crippen molar-refractivity contribution in [2.24, 2.45) is 11.8 Å². The van der Waals surface area contributed by atoms with Gasteiger partial charge in [0, 0.05) is 19.0 Å². The van der Waals surface area contributed by atoms with Gasteiger partial charge in [0.05, 0.1) is 0 Å². The van der Waals surface area contributed by atoms with Gasteiger partial charge in [-0.3, -0.25) is 4.79 Å². The maximum atomic E-state index is 12.4. The number of nitrogens with zero attached hydrogens (tertiary/aromatic N) is 1. The highest BCUT2D eigenvalue weighted by molar-refractivity contribution is 5.78. The van der Waals surface area contributed by atoms with Crippen LogP contribution in [0.4, 0.5) is 13.2 Å². The Morgan fingerprint density at radius 3 is 2.18 bits per heavy atom. The lowest BCUT2D eigenvalue weighted by molar-refractivity contribution is -0.164. The Morgan fingerprint density at radius 1 is 1.29 bits per heavy atom. The summed E-state index contributed by atoms with van der Waals surface area (Å²) in [5.41, 5.74) is 0. The molecule has 0 radical (unpaired) electrons. The van der Waals surface area contributed by atoms with E-state index in [1.807, 2.05) is 0 Å². The van der Waals surface area contributed by atoms with Gasteiger partial charge in [-0.15, -0.1) is 0 Å². The van der Waals surface area contributed by atoms with Gasteiger partial charge in [0.25, 0.3) is 0 Å². The molecule has 0 aromatic heterocycles. The number of amides is 1. The summed E-state index contributed by atoms with van der Waals surface area (Å²) in [6.07, 6.45) is -4.34. The van der Waals surface area contributed by atoms with Gasteiger partial charge in [0.1, 0.15) is 6.54 Å². The third-order valence-corrected chi connectivity index (χ3v) is 2.20. The van der Waals surface area contributed by atoms with Crippen LogP contribution in [0.3, 0.4) is 0 Å². The minimum absolute atomic E-state index is 0.0167. The molecule has 1 amide bonds. The molecule has 0 spiro atoms. The fourth-order valence-electron chi connectivity index (χ4n) is 1.59. The SMILES string of the molecule is CNCC(C)C(=O)N(CC(C)C)CC(F)(F)F. The van der Waals surface area contributed by atoms with E-state index in [1.165, 1.54) is 0 Å². The number of nitrogens with one attached hydrogen (secondary N) is 1. The summed E-state index contributed by atoms with van der Waals surface area (Å²) in [6.45, 7) is 4.55. The number of hydrogen-bond donors (Lipinski definition) is 1. The van der Waals surface area contributed by atoms with Gasteiger partial charge >= 0.3 is 6.18 Å². The molecule has 0 aromatic rings. The lowest BCUT2D eigenvalue weighted by atomic mass is 10.1. The summed E-state index contributed by atoms with van der Waals surface area (Å²) in [4.78, 5) is 12.7. The normalized spacial score (nSPS) is 13.9. The molecule has 1 N–H and O–H groups in total. The average Bonchev–Trinajstić information content (AvgIpc) is 2.13. The zero-order valence-electron chi connectivity index (χ0n) is 10.8. The van der Waals surface area contributed by atoms with E-state index in [0.29, 0.717) is 6.54 Å². The average molecular weight is 254 g/mol. The van der Waals surface area contributed by atoms with Crippen molar-refractivity contribution in [1.82, 2.24) is 10.2 Å². The standard InChI is InChI=1S/C11H21F3N2O/c1-8(2)6-16(7-11(12,13)14)10(17)9(3)5-15-4/h8-9,15H,5-7H2,1-4H3. The van der Waals surface area contributed by atoms with Gasteiger partial charge in [0.15, 0.2) is 0 Å². The highest BCUT2D eigenvalue weighted by atomic mass is 19.4. The maximum absolute atomic E-state index is 12.4. The molecule has 0 rings (SSSR count). The number of carbonyl (C=O) groups excluding carboxylic acids is 1. The molecule has 0 aliphatic rings. The van der Waals surface area contributed by atoms with Crippen molar-refractivity contribution in [3.63, 3.8) is 0 Å². The molecule has 0 aliphatic carbocycles. The van der Waals surface area contributed by atoms with E-state index in [9.17, 15) is 18.0 Å². The van der Waals surface area contributed by atoms with Crippen molar-refractivity contribution in [2.75, 3.05) is 26.7 Å². The summed E-state index contributed by atoms with van der Waals surface area (Å²) in [5.74, 6) is -0.880. The fourth-order valence-corrected chi connectivity index (χ4v) is 1.59. The first kappa shape index (κ1) is 16.2. The van der Waals surface area contributed by atoms with Gasteiger partial charge in [-0.1, -0.05) is 20.8 Å². The minimum Gasteiger partial charge on any atom is -0.333 e. The van der Waals surface area contributed by atoms with Crippen molar-refractivity contribution < 1.29 is 18.0 Å². The third-order valence-electron chi connectivity index (χ3n) is 2.20. The van der Waals surface area contributed by atoms with Crippen LogP contribution in [0.25, 0.3) is 0 Å². The first-order valence-electron chi connectivity index (χ1n) is 5.67. The molecule has 3 nitrogen and oxygen atoms in total. The summed E-state index contributed by atoms with van der Waals surface area (Å²) < 4.78 is 37.1. The van der Waals surface area contributed by atoms with Gasteiger partial charge in [0.2, 0.25) is 5.91 Å². The molecule has 1 unspecified atom stereocenters. The second-order valence-corrected chi connectivity index (χ2v) is 4.69. The van der Waals surface area contributed by atoms with Crippen molar-refractivity contribution >= 4 is 5.91 Å². The van der Waals surface area contributed by atoms with Crippen LogP contribution in [0.5, 0.6) is 0 Å². The van der Waals surface area contributed by atoms with E-state index in [1.54, 1.807) is 27.8 Å². The first-order valence-corrected chi connectivity index (χ1v) is 5.67. The summed E-state index contributed by atoms with van der Waals surface area (Å²) in [5, 5.41) is 2.79. The fraction of sp³-hybridized carbons (Fsp3) is 0.909. The molecule has 0 fully saturated rings.